The van der Waals surface area contributed by atoms with Crippen molar-refractivity contribution in [3.8, 4) is 11.8 Å². The Balaban J connectivity index is 0.00000225. The van der Waals surface area contributed by atoms with E-state index in [-0.39, 0.29) is 57.0 Å². The van der Waals surface area contributed by atoms with Gasteiger partial charge in [0.1, 0.15) is 11.8 Å². The minimum absolute atomic E-state index is 0. The Hall–Kier alpha value is -0.644. The average molecular weight is 242 g/mol. The van der Waals surface area contributed by atoms with Crippen molar-refractivity contribution >= 4 is 62.9 Å². The van der Waals surface area contributed by atoms with Crippen LogP contribution in [0.25, 0.3) is 5.57 Å². The van der Waals surface area contributed by atoms with Crippen molar-refractivity contribution in [2.45, 2.75) is 0 Å². The van der Waals surface area contributed by atoms with Gasteiger partial charge >= 0.3 is 5.97 Å². The topological polar surface area (TPSA) is 70.3 Å². The van der Waals surface area contributed by atoms with E-state index in [4.69, 9.17) is 15.1 Å². The number of nitriles is 1. The Labute approximate surface area is 136 Å². The molecule has 0 unspecified atom stereocenters. The molecule has 0 amide bonds. The first-order valence-corrected chi connectivity index (χ1v) is 4.16. The summed E-state index contributed by atoms with van der Waals surface area (Å²) in [5.74, 6) is -0.478. The van der Waals surface area contributed by atoms with E-state index in [0.29, 0.717) is 11.3 Å². The van der Waals surface area contributed by atoms with Crippen LogP contribution in [-0.4, -0.2) is 69.6 Å². The Morgan fingerprint density at radius 3 is 2.38 bits per heavy atom. The van der Waals surface area contributed by atoms with Gasteiger partial charge < -0.3 is 9.84 Å². The van der Waals surface area contributed by atoms with E-state index in [9.17, 15) is 4.79 Å². The number of allylic oxidation sites excluding steroid dienone is 1. The number of methoxy groups -OCH3 is 1. The molecular weight excluding hydrogens is 233 g/mol. The van der Waals surface area contributed by atoms with Crippen molar-refractivity contribution in [1.29, 1.82) is 5.26 Å². The average Bonchev–Trinajstić information content (AvgIpc) is 2.26. The number of carboxylic acid groups (broad SMARTS) is 1. The van der Waals surface area contributed by atoms with Crippen LogP contribution >= 0.6 is 0 Å². The number of nitrogens with zero attached hydrogens (tertiary/aromatic N) is 1. The van der Waals surface area contributed by atoms with Gasteiger partial charge in [-0.1, -0.05) is 0 Å². The summed E-state index contributed by atoms with van der Waals surface area (Å²) >= 11 is 0. The molecular formula is C11H9KNO3. The largest absolute Gasteiger partial charge is 0.497 e. The van der Waals surface area contributed by atoms with Crippen molar-refractivity contribution in [3.05, 3.63) is 35.9 Å². The molecule has 0 fully saturated rings. The predicted octanol–water partition coefficient (Wildman–Crippen LogP) is 1.31. The van der Waals surface area contributed by atoms with Crippen LogP contribution in [0.3, 0.4) is 0 Å². The van der Waals surface area contributed by atoms with Crippen LogP contribution in [-0.2, 0) is 4.79 Å². The normalized spacial score (nSPS) is 9.88. The van der Waals surface area contributed by atoms with Crippen LogP contribution < -0.4 is 4.74 Å². The molecule has 0 aliphatic heterocycles. The summed E-state index contributed by atoms with van der Waals surface area (Å²) in [6.45, 7) is 0. The second kappa shape index (κ2) is 7.60. The van der Waals surface area contributed by atoms with Gasteiger partial charge in [0.05, 0.1) is 12.7 Å². The van der Waals surface area contributed by atoms with Crippen LogP contribution in [0.2, 0.25) is 0 Å². The van der Waals surface area contributed by atoms with Crippen LogP contribution in [0.5, 0.6) is 5.75 Å². The summed E-state index contributed by atoms with van der Waals surface area (Å²) in [6.07, 6.45) is 0.877. The summed E-state index contributed by atoms with van der Waals surface area (Å²) in [5.41, 5.74) is 0.672. The van der Waals surface area contributed by atoms with Gasteiger partial charge in [-0.15, -0.1) is 0 Å². The van der Waals surface area contributed by atoms with Crippen molar-refractivity contribution < 1.29 is 14.6 Å². The molecule has 0 heterocycles. The van der Waals surface area contributed by atoms with Gasteiger partial charge in [-0.05, 0) is 29.8 Å². The van der Waals surface area contributed by atoms with Crippen LogP contribution in [0, 0.1) is 11.3 Å². The second-order valence-electron chi connectivity index (χ2n) is 2.74. The Morgan fingerprint density at radius 1 is 1.44 bits per heavy atom. The molecule has 0 saturated carbocycles. The minimum Gasteiger partial charge on any atom is -0.497 e. The number of hydrogen-bond donors (Lipinski definition) is 1. The van der Waals surface area contributed by atoms with Gasteiger partial charge in [0.25, 0.3) is 0 Å². The fraction of sp³-hybridized carbons (Fsp3) is 0.0909. The van der Waals surface area contributed by atoms with Crippen LogP contribution in [0.4, 0.5) is 0 Å². The first-order chi connectivity index (χ1) is 7.17. The molecule has 0 saturated heterocycles. The first-order valence-electron chi connectivity index (χ1n) is 4.16. The number of hydrogen-bond acceptors (Lipinski definition) is 3. The van der Waals surface area contributed by atoms with E-state index < -0.39 is 5.97 Å². The smallest absolute Gasteiger partial charge is 0.329 e. The SMILES string of the molecule is COc1ccc(/C(C#N)=C/C(=O)O)cc1.[K]. The summed E-state index contributed by atoms with van der Waals surface area (Å²) in [6, 6.07) is 8.44. The van der Waals surface area contributed by atoms with Gasteiger partial charge in [-0.3, -0.25) is 0 Å². The summed E-state index contributed by atoms with van der Waals surface area (Å²) < 4.78 is 4.94. The van der Waals surface area contributed by atoms with Crippen molar-refractivity contribution in [3.63, 3.8) is 0 Å². The molecule has 0 aliphatic rings. The zero-order chi connectivity index (χ0) is 11.3. The predicted molar refractivity (Wildman–Crippen MR) is 60.0 cm³/mol. The molecule has 1 radical (unpaired) electrons. The number of rotatable bonds is 3. The number of carbonyl (C=O) groups is 1. The molecule has 1 N–H and O–H groups in total. The molecule has 0 atom stereocenters. The third-order valence-corrected chi connectivity index (χ3v) is 1.79. The maximum atomic E-state index is 10.4. The van der Waals surface area contributed by atoms with Gasteiger partial charge in [0.15, 0.2) is 0 Å². The number of carboxylic acids is 1. The van der Waals surface area contributed by atoms with E-state index >= 15 is 0 Å². The third-order valence-electron chi connectivity index (χ3n) is 1.79. The maximum Gasteiger partial charge on any atom is 0.329 e. The zero-order valence-corrected chi connectivity index (χ0v) is 12.2. The monoisotopic (exact) mass is 242 g/mol. The molecule has 1 aromatic carbocycles. The maximum absolute atomic E-state index is 10.4. The Kier molecular flexibility index (Phi) is 7.29. The standard InChI is InChI=1S/C11H9NO3.K/c1-15-10-4-2-8(3-5-10)9(7-12)6-11(13)14;/h2-6H,1H3,(H,13,14);/b9-6+;. The van der Waals surface area contributed by atoms with E-state index in [1.807, 2.05) is 6.07 Å². The van der Waals surface area contributed by atoms with E-state index in [1.54, 1.807) is 24.3 Å². The Bertz CT molecular complexity index is 432. The van der Waals surface area contributed by atoms with Crippen molar-refractivity contribution in [2.75, 3.05) is 7.11 Å². The van der Waals surface area contributed by atoms with E-state index in [2.05, 4.69) is 0 Å². The van der Waals surface area contributed by atoms with E-state index in [0.717, 1.165) is 6.08 Å². The molecule has 5 heteroatoms. The van der Waals surface area contributed by atoms with Gasteiger partial charge in [0.2, 0.25) is 0 Å². The number of benzene rings is 1. The summed E-state index contributed by atoms with van der Waals surface area (Å²) in [5, 5.41) is 17.3. The molecule has 0 aromatic heterocycles. The fourth-order valence-corrected chi connectivity index (χ4v) is 1.07. The Morgan fingerprint density at radius 2 is 2.00 bits per heavy atom. The van der Waals surface area contributed by atoms with Crippen LogP contribution in [0.15, 0.2) is 30.3 Å². The number of aliphatic carboxylic acids is 1. The van der Waals surface area contributed by atoms with Crippen molar-refractivity contribution in [1.82, 2.24) is 0 Å². The third kappa shape index (κ3) is 4.47. The fourth-order valence-electron chi connectivity index (χ4n) is 1.07. The quantitative estimate of drug-likeness (QED) is 0.493. The first kappa shape index (κ1) is 15.4. The molecule has 0 bridgehead atoms. The molecule has 16 heavy (non-hydrogen) atoms. The molecule has 1 rings (SSSR count). The van der Waals surface area contributed by atoms with Gasteiger partial charge in [-0.2, -0.15) is 5.26 Å². The van der Waals surface area contributed by atoms with Gasteiger partial charge in [0, 0.05) is 57.5 Å². The van der Waals surface area contributed by atoms with Gasteiger partial charge in [-0.25, -0.2) is 4.79 Å². The molecule has 0 aliphatic carbocycles. The molecule has 0 spiro atoms. The van der Waals surface area contributed by atoms with Crippen molar-refractivity contribution in [2.24, 2.45) is 0 Å². The zero-order valence-electron chi connectivity index (χ0n) is 9.10. The molecule has 1 aromatic rings. The number of ether oxygens (including phenoxy) is 1. The molecule has 77 valence electrons. The minimum atomic E-state index is -1.14. The summed E-state index contributed by atoms with van der Waals surface area (Å²) in [4.78, 5) is 10.4. The summed E-state index contributed by atoms with van der Waals surface area (Å²) in [7, 11) is 1.54. The molecule has 4 nitrogen and oxygen atoms in total. The second-order valence-corrected chi connectivity index (χ2v) is 2.74. The van der Waals surface area contributed by atoms with Crippen LogP contribution in [0.1, 0.15) is 5.56 Å². The van der Waals surface area contributed by atoms with E-state index in [1.165, 1.54) is 7.11 Å².